The fourth-order valence-corrected chi connectivity index (χ4v) is 2.76. The molecule has 1 aliphatic heterocycles. The van der Waals surface area contributed by atoms with Gasteiger partial charge in [-0.05, 0) is 37.9 Å². The van der Waals surface area contributed by atoms with E-state index >= 15 is 0 Å². The first-order valence-electron chi connectivity index (χ1n) is 7.57. The van der Waals surface area contributed by atoms with Crippen LogP contribution in [0.25, 0.3) is 0 Å². The summed E-state index contributed by atoms with van der Waals surface area (Å²) in [6, 6.07) is 9.39. The Morgan fingerprint density at radius 2 is 2.25 bits per heavy atom. The maximum absolute atomic E-state index is 5.00. The van der Waals surface area contributed by atoms with Gasteiger partial charge in [-0.15, -0.1) is 0 Å². The van der Waals surface area contributed by atoms with Crippen LogP contribution in [-0.2, 0) is 11.2 Å². The van der Waals surface area contributed by atoms with Gasteiger partial charge in [0.25, 0.3) is 0 Å². The van der Waals surface area contributed by atoms with Crippen LogP contribution in [0.1, 0.15) is 18.9 Å². The molecule has 0 aliphatic carbocycles. The largest absolute Gasteiger partial charge is 0.370 e. The zero-order valence-corrected chi connectivity index (χ0v) is 12.7. The molecule has 1 fully saturated rings. The minimum Gasteiger partial charge on any atom is -0.370 e. The highest BCUT2D eigenvalue weighted by Crippen LogP contribution is 2.22. The Morgan fingerprint density at radius 3 is 3.05 bits per heavy atom. The summed E-state index contributed by atoms with van der Waals surface area (Å²) in [5.41, 5.74) is 2.87. The quantitative estimate of drug-likeness (QED) is 0.586. The number of aryl methyl sites for hydroxylation is 1. The molecule has 1 aromatic carbocycles. The summed E-state index contributed by atoms with van der Waals surface area (Å²) in [4.78, 5) is 2.51. The second-order valence-corrected chi connectivity index (χ2v) is 5.47. The molecular formula is C16H27N3O. The van der Waals surface area contributed by atoms with Crippen molar-refractivity contribution in [2.75, 3.05) is 44.9 Å². The summed E-state index contributed by atoms with van der Waals surface area (Å²) in [6.45, 7) is 7.16. The lowest BCUT2D eigenvalue weighted by atomic mass is 10.1. The molecule has 1 aromatic rings. The molecule has 112 valence electrons. The number of methoxy groups -OCH3 is 1. The molecule has 1 heterocycles. The summed E-state index contributed by atoms with van der Waals surface area (Å²) in [6.07, 6.45) is 2.26. The fraction of sp³-hybridized carbons (Fsp3) is 0.625. The molecule has 0 aromatic heterocycles. The predicted molar refractivity (Wildman–Crippen MR) is 84.3 cm³/mol. The summed E-state index contributed by atoms with van der Waals surface area (Å²) in [5, 5.41) is 6.77. The molecule has 0 radical (unpaired) electrons. The van der Waals surface area contributed by atoms with Crippen molar-refractivity contribution in [3.05, 3.63) is 29.8 Å². The SMILES string of the molecule is COCNCCCc1ccccc1N1CCN[C@@H](C)C1. The first kappa shape index (κ1) is 15.3. The van der Waals surface area contributed by atoms with Gasteiger partial charge in [-0.3, -0.25) is 5.32 Å². The Kier molecular flexibility index (Phi) is 6.30. The van der Waals surface area contributed by atoms with E-state index in [1.165, 1.54) is 11.3 Å². The van der Waals surface area contributed by atoms with E-state index in [1.807, 2.05) is 0 Å². The van der Waals surface area contributed by atoms with E-state index in [1.54, 1.807) is 7.11 Å². The molecule has 1 atom stereocenters. The summed E-state index contributed by atoms with van der Waals surface area (Å²) in [5.74, 6) is 0. The lowest BCUT2D eigenvalue weighted by Crippen LogP contribution is -2.49. The number of para-hydroxylation sites is 1. The number of rotatable bonds is 7. The summed E-state index contributed by atoms with van der Waals surface area (Å²) < 4.78 is 5.00. The zero-order valence-electron chi connectivity index (χ0n) is 12.7. The summed E-state index contributed by atoms with van der Waals surface area (Å²) in [7, 11) is 1.72. The Balaban J connectivity index is 1.91. The number of hydrogen-bond donors (Lipinski definition) is 2. The van der Waals surface area contributed by atoms with E-state index in [4.69, 9.17) is 4.74 Å². The van der Waals surface area contributed by atoms with Crippen molar-refractivity contribution in [2.24, 2.45) is 0 Å². The van der Waals surface area contributed by atoms with Crippen LogP contribution < -0.4 is 15.5 Å². The second kappa shape index (κ2) is 8.25. The van der Waals surface area contributed by atoms with Crippen LogP contribution in [0.3, 0.4) is 0 Å². The van der Waals surface area contributed by atoms with Gasteiger partial charge in [0, 0.05) is 38.5 Å². The van der Waals surface area contributed by atoms with E-state index in [-0.39, 0.29) is 0 Å². The van der Waals surface area contributed by atoms with E-state index in [0.717, 1.165) is 39.0 Å². The van der Waals surface area contributed by atoms with Crippen LogP contribution in [-0.4, -0.2) is 46.1 Å². The fourth-order valence-electron chi connectivity index (χ4n) is 2.76. The van der Waals surface area contributed by atoms with Crippen LogP contribution >= 0.6 is 0 Å². The van der Waals surface area contributed by atoms with Crippen LogP contribution in [0.4, 0.5) is 5.69 Å². The Morgan fingerprint density at radius 1 is 1.40 bits per heavy atom. The van der Waals surface area contributed by atoms with Crippen LogP contribution in [0.2, 0.25) is 0 Å². The molecule has 4 heteroatoms. The third-order valence-electron chi connectivity index (χ3n) is 3.75. The smallest absolute Gasteiger partial charge is 0.0961 e. The van der Waals surface area contributed by atoms with E-state index < -0.39 is 0 Å². The third kappa shape index (κ3) is 4.47. The van der Waals surface area contributed by atoms with E-state index in [2.05, 4.69) is 46.7 Å². The molecule has 0 amide bonds. The van der Waals surface area contributed by atoms with Gasteiger partial charge in [0.1, 0.15) is 0 Å². The number of benzene rings is 1. The molecule has 4 nitrogen and oxygen atoms in total. The Hall–Kier alpha value is -1.10. The maximum atomic E-state index is 5.00. The maximum Gasteiger partial charge on any atom is 0.0961 e. The minimum atomic E-state index is 0.570. The molecule has 2 N–H and O–H groups in total. The molecular weight excluding hydrogens is 250 g/mol. The van der Waals surface area contributed by atoms with Crippen molar-refractivity contribution < 1.29 is 4.74 Å². The van der Waals surface area contributed by atoms with Crippen molar-refractivity contribution in [3.63, 3.8) is 0 Å². The van der Waals surface area contributed by atoms with Crippen molar-refractivity contribution in [3.8, 4) is 0 Å². The van der Waals surface area contributed by atoms with Gasteiger partial charge in [0.2, 0.25) is 0 Å². The molecule has 20 heavy (non-hydrogen) atoms. The minimum absolute atomic E-state index is 0.570. The average Bonchev–Trinajstić information content (AvgIpc) is 2.47. The normalized spacial score (nSPS) is 19.3. The van der Waals surface area contributed by atoms with E-state index in [0.29, 0.717) is 12.8 Å². The highest BCUT2D eigenvalue weighted by Gasteiger charge is 2.17. The Bertz CT molecular complexity index is 397. The highest BCUT2D eigenvalue weighted by atomic mass is 16.5. The summed E-state index contributed by atoms with van der Waals surface area (Å²) >= 11 is 0. The number of nitrogens with one attached hydrogen (secondary N) is 2. The third-order valence-corrected chi connectivity index (χ3v) is 3.75. The number of hydrogen-bond acceptors (Lipinski definition) is 4. The lowest BCUT2D eigenvalue weighted by Gasteiger charge is -2.35. The average molecular weight is 277 g/mol. The standard InChI is InChI=1S/C16H27N3O/c1-14-12-19(11-10-18-14)16-8-4-3-6-15(16)7-5-9-17-13-20-2/h3-4,6,8,14,17-18H,5,7,9-13H2,1-2H3/t14-/m0/s1. The van der Waals surface area contributed by atoms with Crippen molar-refractivity contribution in [1.82, 2.24) is 10.6 Å². The van der Waals surface area contributed by atoms with Gasteiger partial charge in [-0.2, -0.15) is 0 Å². The first-order chi connectivity index (χ1) is 9.81. The monoisotopic (exact) mass is 277 g/mol. The van der Waals surface area contributed by atoms with Gasteiger partial charge >= 0.3 is 0 Å². The number of anilines is 1. The number of nitrogens with zero attached hydrogens (tertiary/aromatic N) is 1. The lowest BCUT2D eigenvalue weighted by molar-refractivity contribution is 0.175. The van der Waals surface area contributed by atoms with Gasteiger partial charge in [-0.25, -0.2) is 0 Å². The molecule has 1 saturated heterocycles. The predicted octanol–water partition coefficient (Wildman–Crippen LogP) is 1.61. The van der Waals surface area contributed by atoms with Crippen molar-refractivity contribution in [1.29, 1.82) is 0 Å². The van der Waals surface area contributed by atoms with E-state index in [9.17, 15) is 0 Å². The molecule has 0 saturated carbocycles. The molecule has 0 bridgehead atoms. The molecule has 1 aliphatic rings. The van der Waals surface area contributed by atoms with Crippen LogP contribution in [0.15, 0.2) is 24.3 Å². The first-order valence-corrected chi connectivity index (χ1v) is 7.57. The Labute approximate surface area is 122 Å². The molecule has 0 spiro atoms. The topological polar surface area (TPSA) is 36.5 Å². The van der Waals surface area contributed by atoms with Gasteiger partial charge in [-0.1, -0.05) is 18.2 Å². The van der Waals surface area contributed by atoms with Crippen LogP contribution in [0.5, 0.6) is 0 Å². The zero-order chi connectivity index (χ0) is 14.2. The second-order valence-electron chi connectivity index (χ2n) is 5.47. The number of piperazine rings is 1. The highest BCUT2D eigenvalue weighted by molar-refractivity contribution is 5.54. The number of ether oxygens (including phenoxy) is 1. The van der Waals surface area contributed by atoms with Gasteiger partial charge < -0.3 is 15.0 Å². The van der Waals surface area contributed by atoms with Crippen molar-refractivity contribution >= 4 is 5.69 Å². The van der Waals surface area contributed by atoms with Crippen molar-refractivity contribution in [2.45, 2.75) is 25.8 Å². The molecule has 0 unspecified atom stereocenters. The van der Waals surface area contributed by atoms with Gasteiger partial charge in [0.15, 0.2) is 0 Å². The van der Waals surface area contributed by atoms with Crippen LogP contribution in [0, 0.1) is 0 Å². The molecule has 2 rings (SSSR count). The van der Waals surface area contributed by atoms with Gasteiger partial charge in [0.05, 0.1) is 6.73 Å².